The number of carboxylic acids is 1. The number of amides is 2. The summed E-state index contributed by atoms with van der Waals surface area (Å²) in [5.74, 6) is -2.24. The number of carbonyl (C=O) groups excluding carboxylic acids is 2. The Kier molecular flexibility index (Phi) is 6.04. The summed E-state index contributed by atoms with van der Waals surface area (Å²) >= 11 is 0. The normalized spacial score (nSPS) is 18.4. The Bertz CT molecular complexity index is 263. The largest absolute Gasteiger partial charge is 0.480 e. The smallest absolute Gasteiger partial charge is 0.323 e. The van der Waals surface area contributed by atoms with Gasteiger partial charge in [-0.05, 0) is 6.92 Å². The molecule has 8 heteroatoms. The first kappa shape index (κ1) is 14.3. The van der Waals surface area contributed by atoms with Gasteiger partial charge in [-0.2, -0.15) is 0 Å². The van der Waals surface area contributed by atoms with Crippen LogP contribution in [0.3, 0.4) is 0 Å². The van der Waals surface area contributed by atoms with Gasteiger partial charge in [-0.15, -0.1) is 0 Å². The van der Waals surface area contributed by atoms with E-state index in [9.17, 15) is 14.4 Å². The van der Waals surface area contributed by atoms with Gasteiger partial charge >= 0.3 is 17.8 Å². The lowest BCUT2D eigenvalue weighted by Crippen LogP contribution is -2.49. The summed E-state index contributed by atoms with van der Waals surface area (Å²) in [6, 6.07) is -1.16. The van der Waals surface area contributed by atoms with Crippen LogP contribution in [0.4, 0.5) is 0 Å². The van der Waals surface area contributed by atoms with E-state index in [1.54, 1.807) is 0 Å². The molecule has 2 atom stereocenters. The molecular weight excluding hydrogens is 218 g/mol. The van der Waals surface area contributed by atoms with Crippen molar-refractivity contribution in [3.63, 3.8) is 0 Å². The second-order valence-electron chi connectivity index (χ2n) is 3.12. The van der Waals surface area contributed by atoms with Crippen molar-refractivity contribution in [2.24, 2.45) is 5.73 Å². The predicted octanol–water partition coefficient (Wildman–Crippen LogP) is -2.99. The molecule has 2 amide bonds. The Morgan fingerprint density at radius 2 is 1.69 bits per heavy atom. The Hall–Kier alpha value is -1.67. The number of aliphatic carboxylic acids is 1. The number of nitrogens with two attached hydrogens (primary N) is 1. The lowest BCUT2D eigenvalue weighted by atomic mass is 10.2. The van der Waals surface area contributed by atoms with E-state index in [2.05, 4.69) is 10.6 Å². The molecule has 1 aliphatic heterocycles. The minimum Gasteiger partial charge on any atom is -0.480 e. The highest BCUT2D eigenvalue weighted by atomic mass is 16.4. The quantitative estimate of drug-likeness (QED) is 0.322. The van der Waals surface area contributed by atoms with Gasteiger partial charge in [-0.3, -0.25) is 14.4 Å². The molecule has 8 nitrogen and oxygen atoms in total. The first-order valence-electron chi connectivity index (χ1n) is 4.58. The molecule has 0 bridgehead atoms. The lowest BCUT2D eigenvalue weighted by molar-refractivity contribution is -0.140. The molecule has 0 saturated carbocycles. The van der Waals surface area contributed by atoms with E-state index >= 15 is 0 Å². The molecule has 0 spiro atoms. The number of rotatable bonds is 2. The van der Waals surface area contributed by atoms with E-state index in [1.807, 2.05) is 0 Å². The summed E-state index contributed by atoms with van der Waals surface area (Å²) in [5.41, 5.74) is 4.91. The van der Waals surface area contributed by atoms with Crippen LogP contribution in [-0.2, 0) is 14.4 Å². The number of piperazine rings is 1. The maximum atomic E-state index is 10.3. The molecule has 1 fully saturated rings. The zero-order chi connectivity index (χ0) is 12.7. The van der Waals surface area contributed by atoms with Crippen LogP contribution in [0.2, 0.25) is 0 Å². The van der Waals surface area contributed by atoms with Gasteiger partial charge in [0.1, 0.15) is 6.04 Å². The van der Waals surface area contributed by atoms with E-state index in [1.165, 1.54) is 6.92 Å². The SMILES string of the molecule is CC(O)C(N)C(=O)O.O=C1NCCNC1=O. The molecule has 1 aliphatic rings. The summed E-state index contributed by atoms with van der Waals surface area (Å²) in [4.78, 5) is 30.4. The number of nitrogens with one attached hydrogen (secondary N) is 2. The van der Waals surface area contributed by atoms with Crippen LogP contribution in [-0.4, -0.2) is 53.2 Å². The standard InChI is InChI=1S/C4H6N2O2.C4H9NO3/c7-3-4(8)6-2-1-5-3;1-2(6)3(5)4(7)8/h1-2H2,(H,5,7)(H,6,8);2-3,6H,5H2,1H3,(H,7,8). The van der Waals surface area contributed by atoms with Gasteiger partial charge in [0.2, 0.25) is 0 Å². The first-order valence-corrected chi connectivity index (χ1v) is 4.58. The van der Waals surface area contributed by atoms with Gasteiger partial charge in [0.25, 0.3) is 0 Å². The summed E-state index contributed by atoms with van der Waals surface area (Å²) in [7, 11) is 0. The summed E-state index contributed by atoms with van der Waals surface area (Å²) in [5, 5.41) is 21.3. The minimum atomic E-state index is -1.18. The number of aliphatic hydroxyl groups is 1. The van der Waals surface area contributed by atoms with E-state index in [-0.39, 0.29) is 0 Å². The fourth-order valence-electron chi connectivity index (χ4n) is 0.719. The van der Waals surface area contributed by atoms with E-state index in [4.69, 9.17) is 15.9 Å². The van der Waals surface area contributed by atoms with Crippen molar-refractivity contribution in [3.05, 3.63) is 0 Å². The molecule has 6 N–H and O–H groups in total. The van der Waals surface area contributed by atoms with E-state index in [0.29, 0.717) is 13.1 Å². The Morgan fingerprint density at radius 1 is 1.31 bits per heavy atom. The third-order valence-electron chi connectivity index (χ3n) is 1.71. The third-order valence-corrected chi connectivity index (χ3v) is 1.71. The molecule has 1 saturated heterocycles. The van der Waals surface area contributed by atoms with Gasteiger partial charge in [-0.1, -0.05) is 0 Å². The zero-order valence-electron chi connectivity index (χ0n) is 8.77. The van der Waals surface area contributed by atoms with Gasteiger partial charge in [0.15, 0.2) is 0 Å². The highest BCUT2D eigenvalue weighted by Crippen LogP contribution is 1.85. The van der Waals surface area contributed by atoms with E-state index in [0.717, 1.165) is 0 Å². The molecule has 2 unspecified atom stereocenters. The fourth-order valence-corrected chi connectivity index (χ4v) is 0.719. The molecular formula is C8H15N3O5. The van der Waals surface area contributed by atoms with Crippen molar-refractivity contribution in [1.82, 2.24) is 10.6 Å². The van der Waals surface area contributed by atoms with Crippen LogP contribution in [0.25, 0.3) is 0 Å². The Balaban J connectivity index is 0.000000281. The molecule has 0 aliphatic carbocycles. The summed E-state index contributed by atoms with van der Waals surface area (Å²) < 4.78 is 0. The van der Waals surface area contributed by atoms with Crippen LogP contribution in [0.15, 0.2) is 0 Å². The van der Waals surface area contributed by atoms with E-state index < -0.39 is 29.9 Å². The predicted molar refractivity (Wildman–Crippen MR) is 53.3 cm³/mol. The van der Waals surface area contributed by atoms with Gasteiger partial charge in [0, 0.05) is 13.1 Å². The molecule has 0 aromatic carbocycles. The second-order valence-corrected chi connectivity index (χ2v) is 3.12. The molecule has 0 aromatic rings. The van der Waals surface area contributed by atoms with Crippen molar-refractivity contribution >= 4 is 17.8 Å². The van der Waals surface area contributed by atoms with Gasteiger partial charge < -0.3 is 26.6 Å². The number of aliphatic hydroxyl groups excluding tert-OH is 1. The zero-order valence-corrected chi connectivity index (χ0v) is 8.77. The van der Waals surface area contributed by atoms with Gasteiger partial charge in [0.05, 0.1) is 6.10 Å². The third kappa shape index (κ3) is 5.27. The fraction of sp³-hybridized carbons (Fsp3) is 0.625. The first-order chi connectivity index (χ1) is 7.36. The lowest BCUT2D eigenvalue weighted by Gasteiger charge is -2.10. The van der Waals surface area contributed by atoms with Crippen LogP contribution < -0.4 is 16.4 Å². The minimum absolute atomic E-state index is 0.531. The summed E-state index contributed by atoms with van der Waals surface area (Å²) in [6.45, 7) is 2.42. The maximum Gasteiger partial charge on any atom is 0.323 e. The Labute approximate surface area is 91.8 Å². The summed E-state index contributed by atoms with van der Waals surface area (Å²) in [6.07, 6.45) is -0.979. The van der Waals surface area contributed by atoms with Crippen molar-refractivity contribution in [1.29, 1.82) is 0 Å². The molecule has 1 heterocycles. The monoisotopic (exact) mass is 233 g/mol. The van der Waals surface area contributed by atoms with Crippen molar-refractivity contribution in [2.75, 3.05) is 13.1 Å². The average molecular weight is 233 g/mol. The Morgan fingerprint density at radius 3 is 1.81 bits per heavy atom. The number of hydrogen-bond donors (Lipinski definition) is 5. The second kappa shape index (κ2) is 6.75. The molecule has 0 radical (unpaired) electrons. The highest BCUT2D eigenvalue weighted by Gasteiger charge is 2.16. The van der Waals surface area contributed by atoms with Crippen LogP contribution in [0.1, 0.15) is 6.92 Å². The van der Waals surface area contributed by atoms with Crippen molar-refractivity contribution < 1.29 is 24.6 Å². The van der Waals surface area contributed by atoms with Crippen LogP contribution in [0.5, 0.6) is 0 Å². The molecule has 0 aromatic heterocycles. The number of carboxylic acid groups (broad SMARTS) is 1. The molecule has 16 heavy (non-hydrogen) atoms. The number of hydrogen-bond acceptors (Lipinski definition) is 5. The van der Waals surface area contributed by atoms with Crippen molar-refractivity contribution in [3.8, 4) is 0 Å². The number of carbonyl (C=O) groups is 3. The molecule has 1 rings (SSSR count). The highest BCUT2D eigenvalue weighted by molar-refractivity contribution is 6.35. The van der Waals surface area contributed by atoms with Crippen LogP contribution in [0, 0.1) is 0 Å². The topological polar surface area (TPSA) is 142 Å². The van der Waals surface area contributed by atoms with Crippen molar-refractivity contribution in [2.45, 2.75) is 19.1 Å². The van der Waals surface area contributed by atoms with Crippen LogP contribution >= 0.6 is 0 Å². The average Bonchev–Trinajstić information content (AvgIpc) is 2.22. The molecule has 92 valence electrons. The van der Waals surface area contributed by atoms with Gasteiger partial charge in [-0.25, -0.2) is 0 Å². The maximum absolute atomic E-state index is 10.3.